The molecule has 0 aliphatic rings. The Hall–Kier alpha value is -0.626. The molecule has 0 heterocycles. The van der Waals surface area contributed by atoms with Gasteiger partial charge in [-0.1, -0.05) is 102 Å². The van der Waals surface area contributed by atoms with Crippen molar-refractivity contribution in [3.8, 4) is 0 Å². The van der Waals surface area contributed by atoms with Crippen molar-refractivity contribution in [2.75, 3.05) is 0 Å². The molecule has 0 saturated heterocycles. The van der Waals surface area contributed by atoms with E-state index in [1.165, 1.54) is 22.3 Å². The first kappa shape index (κ1) is 31.6. The molecule has 0 aromatic heterocycles. The van der Waals surface area contributed by atoms with Gasteiger partial charge in [0, 0.05) is 5.41 Å². The molecule has 0 amide bonds. The van der Waals surface area contributed by atoms with Gasteiger partial charge < -0.3 is 37.2 Å². The number of halogens is 3. The summed E-state index contributed by atoms with van der Waals surface area (Å²) in [5.41, 5.74) is 5.51. The molecule has 1 unspecified atom stereocenters. The number of hydrogen-bond donors (Lipinski definition) is 0. The van der Waals surface area contributed by atoms with Gasteiger partial charge in [0.1, 0.15) is 0 Å². The first-order valence-corrected chi connectivity index (χ1v) is 9.80. The van der Waals surface area contributed by atoms with Crippen molar-refractivity contribution in [2.45, 2.75) is 52.4 Å². The summed E-state index contributed by atoms with van der Waals surface area (Å²) in [4.78, 5) is 0. The second-order valence-electron chi connectivity index (χ2n) is 8.44. The molecular weight excluding hydrogens is 467 g/mol. The van der Waals surface area contributed by atoms with E-state index in [-0.39, 0.29) is 69.8 Å². The topological polar surface area (TPSA) is 0 Å². The molecule has 3 aromatic carbocycles. The molecule has 1 atom stereocenters. The maximum atomic E-state index is 2.38. The average Bonchev–Trinajstić information content (AvgIpc) is 3.12. The van der Waals surface area contributed by atoms with Crippen LogP contribution in [0.15, 0.2) is 78.9 Å². The second kappa shape index (κ2) is 13.0. The first-order chi connectivity index (χ1) is 12.4. The number of hydrogen-bond acceptors (Lipinski definition) is 0. The van der Waals surface area contributed by atoms with Gasteiger partial charge in [-0.25, -0.2) is 12.1 Å². The maximum absolute atomic E-state index is 2.38. The quantitative estimate of drug-likeness (QED) is 0.292. The van der Waals surface area contributed by atoms with Crippen molar-refractivity contribution < 1.29 is 58.9 Å². The maximum Gasteiger partial charge on any atom is 4.00 e. The molecule has 0 N–H and O–H groups in total. The van der Waals surface area contributed by atoms with Crippen LogP contribution in [0.1, 0.15) is 69.2 Å². The zero-order valence-corrected chi connectivity index (χ0v) is 22.3. The molecule has 3 rings (SSSR count). The molecule has 0 bridgehead atoms. The predicted octanol–water partition coefficient (Wildman–Crippen LogP) is -1.69. The van der Waals surface area contributed by atoms with Crippen molar-refractivity contribution in [1.29, 1.82) is 0 Å². The minimum absolute atomic E-state index is 0. The Bertz CT molecular complexity index is 796. The van der Waals surface area contributed by atoms with E-state index in [1.807, 2.05) is 0 Å². The van der Waals surface area contributed by atoms with Crippen molar-refractivity contribution >= 4 is 0 Å². The summed E-state index contributed by atoms with van der Waals surface area (Å²) in [6.45, 7) is 11.8. The second-order valence-corrected chi connectivity index (χ2v) is 8.44. The van der Waals surface area contributed by atoms with Crippen LogP contribution < -0.4 is 37.2 Å². The fraction of sp³-hybridized carbons (Fsp3) is 0.346. The molecule has 30 heavy (non-hydrogen) atoms. The minimum Gasteiger partial charge on any atom is -1.00 e. The van der Waals surface area contributed by atoms with E-state index in [0.717, 1.165) is 6.42 Å². The summed E-state index contributed by atoms with van der Waals surface area (Å²) in [5.74, 6) is 0.550. The van der Waals surface area contributed by atoms with Crippen LogP contribution in [0.2, 0.25) is 0 Å². The molecule has 160 valence electrons. The van der Waals surface area contributed by atoms with Crippen molar-refractivity contribution in [3.05, 3.63) is 101 Å². The van der Waals surface area contributed by atoms with Gasteiger partial charge in [0.2, 0.25) is 0 Å². The van der Waals surface area contributed by atoms with Gasteiger partial charge in [0.05, 0.1) is 0 Å². The molecular formula is C26H31Cl3Ti. The Morgan fingerprint density at radius 2 is 1.17 bits per heavy atom. The zero-order valence-electron chi connectivity index (χ0n) is 18.4. The third-order valence-corrected chi connectivity index (χ3v) is 5.94. The molecule has 0 aliphatic carbocycles. The van der Waals surface area contributed by atoms with E-state index in [1.54, 1.807) is 0 Å². The summed E-state index contributed by atoms with van der Waals surface area (Å²) in [7, 11) is 0. The van der Waals surface area contributed by atoms with Gasteiger partial charge in [0.25, 0.3) is 0 Å². The van der Waals surface area contributed by atoms with Crippen molar-refractivity contribution in [3.63, 3.8) is 0 Å². The summed E-state index contributed by atoms with van der Waals surface area (Å²) < 4.78 is 0. The normalized spacial score (nSPS) is 11.8. The Labute approximate surface area is 216 Å². The van der Waals surface area contributed by atoms with E-state index in [9.17, 15) is 0 Å². The Morgan fingerprint density at radius 3 is 1.53 bits per heavy atom. The molecule has 0 nitrogen and oxygen atoms in total. The summed E-state index contributed by atoms with van der Waals surface area (Å²) in [6.07, 6.45) is 1.15. The van der Waals surface area contributed by atoms with Gasteiger partial charge in [0.15, 0.2) is 0 Å². The minimum atomic E-state index is -0.183. The first-order valence-electron chi connectivity index (χ1n) is 9.80. The summed E-state index contributed by atoms with van der Waals surface area (Å²) in [5, 5.41) is 0. The van der Waals surface area contributed by atoms with Crippen LogP contribution in [0, 0.1) is 5.41 Å². The third-order valence-electron chi connectivity index (χ3n) is 5.94. The molecule has 0 spiro atoms. The van der Waals surface area contributed by atoms with E-state index in [4.69, 9.17) is 0 Å². The summed E-state index contributed by atoms with van der Waals surface area (Å²) in [6, 6.07) is 29.0. The monoisotopic (exact) mass is 496 g/mol. The molecule has 4 heteroatoms. The van der Waals surface area contributed by atoms with Crippen molar-refractivity contribution in [2.24, 2.45) is 5.41 Å². The predicted molar refractivity (Wildman–Crippen MR) is 113 cm³/mol. The molecule has 0 fully saturated rings. The smallest absolute Gasteiger partial charge is 1.00 e. The molecule has 0 radical (unpaired) electrons. The summed E-state index contributed by atoms with van der Waals surface area (Å²) >= 11 is 0. The van der Waals surface area contributed by atoms with Gasteiger partial charge in [-0.3, -0.25) is 0 Å². The van der Waals surface area contributed by atoms with Crippen LogP contribution in [-0.4, -0.2) is 0 Å². The fourth-order valence-corrected chi connectivity index (χ4v) is 4.55. The van der Waals surface area contributed by atoms with Crippen LogP contribution in [-0.2, 0) is 27.1 Å². The van der Waals surface area contributed by atoms with Crippen LogP contribution in [0.3, 0.4) is 0 Å². The van der Waals surface area contributed by atoms with Crippen LogP contribution >= 0.6 is 0 Å². The van der Waals surface area contributed by atoms with Gasteiger partial charge in [-0.2, -0.15) is 11.6 Å². The molecule has 3 aromatic rings. The van der Waals surface area contributed by atoms with Gasteiger partial charge in [-0.15, -0.1) is 5.56 Å². The van der Waals surface area contributed by atoms with Crippen LogP contribution in [0.4, 0.5) is 0 Å². The van der Waals surface area contributed by atoms with Gasteiger partial charge in [-0.05, 0) is 22.5 Å². The number of rotatable bonds is 5. The van der Waals surface area contributed by atoms with Gasteiger partial charge >= 0.3 is 21.7 Å². The van der Waals surface area contributed by atoms with E-state index in [2.05, 4.69) is 113 Å². The van der Waals surface area contributed by atoms with Crippen LogP contribution in [0.5, 0.6) is 0 Å². The molecule has 0 saturated carbocycles. The number of benzene rings is 2. The Kier molecular flexibility index (Phi) is 13.7. The van der Waals surface area contributed by atoms with E-state index in [0.29, 0.717) is 5.92 Å². The molecule has 0 aliphatic heterocycles. The van der Waals surface area contributed by atoms with E-state index >= 15 is 0 Å². The standard InChI is InChI=1S/C26H31.3ClH.Ti/c1-6-20(2)23-18-13-19-24(23)26(25(3,4)5,21-14-9-7-10-15-21)22-16-11-8-12-17-22;;;;/h7-20H,6H2,1-5H3;3*1H;/q-1;;;;+4/p-3. The van der Waals surface area contributed by atoms with Crippen molar-refractivity contribution in [1.82, 2.24) is 0 Å². The largest absolute Gasteiger partial charge is 4.00 e. The Morgan fingerprint density at radius 1 is 0.733 bits per heavy atom. The SMILES string of the molecule is CCC(C)c1ccc[c-]1C(c1ccccc1)(c1ccccc1)C(C)(C)C.[Cl-].[Cl-].[Cl-].[Ti+4]. The average molecular weight is 498 g/mol. The fourth-order valence-electron chi connectivity index (χ4n) is 4.55. The van der Waals surface area contributed by atoms with E-state index < -0.39 is 0 Å². The third kappa shape index (κ3) is 5.59. The van der Waals surface area contributed by atoms with Crippen LogP contribution in [0.25, 0.3) is 0 Å². The zero-order chi connectivity index (χ0) is 18.8. The Balaban J connectivity index is 0.